The van der Waals surface area contributed by atoms with Gasteiger partial charge in [0.05, 0.1) is 5.92 Å². The predicted molar refractivity (Wildman–Crippen MR) is 89.9 cm³/mol. The van der Waals surface area contributed by atoms with E-state index < -0.39 is 0 Å². The summed E-state index contributed by atoms with van der Waals surface area (Å²) in [6.07, 6.45) is 2.75. The van der Waals surface area contributed by atoms with Crippen molar-refractivity contribution in [3.63, 3.8) is 0 Å². The van der Waals surface area contributed by atoms with Gasteiger partial charge in [0.15, 0.2) is 0 Å². The van der Waals surface area contributed by atoms with E-state index in [1.807, 2.05) is 20.0 Å². The number of nitrogens with one attached hydrogen (secondary N) is 2. The second kappa shape index (κ2) is 6.63. The molecule has 3 rings (SSSR count). The van der Waals surface area contributed by atoms with E-state index in [0.717, 1.165) is 16.5 Å². The number of H-pyrrole nitrogens is 1. The van der Waals surface area contributed by atoms with Crippen LogP contribution in [0.1, 0.15) is 25.8 Å². The van der Waals surface area contributed by atoms with Gasteiger partial charge in [-0.25, -0.2) is 4.39 Å². The van der Waals surface area contributed by atoms with Crippen molar-refractivity contribution in [1.82, 2.24) is 15.2 Å². The molecule has 2 heterocycles. The van der Waals surface area contributed by atoms with Gasteiger partial charge >= 0.3 is 0 Å². The van der Waals surface area contributed by atoms with Crippen LogP contribution in [0.5, 0.6) is 0 Å². The van der Waals surface area contributed by atoms with Crippen LogP contribution in [0, 0.1) is 11.7 Å². The van der Waals surface area contributed by atoms with Gasteiger partial charge < -0.3 is 15.2 Å². The van der Waals surface area contributed by atoms with E-state index in [1.165, 1.54) is 12.1 Å². The van der Waals surface area contributed by atoms with E-state index >= 15 is 0 Å². The number of hydrogen-bond acceptors (Lipinski definition) is 2. The lowest BCUT2D eigenvalue weighted by Crippen LogP contribution is -2.37. The van der Waals surface area contributed by atoms with Crippen LogP contribution in [0.15, 0.2) is 24.4 Å². The first-order valence-corrected chi connectivity index (χ1v) is 8.27. The number of carbonyl (C=O) groups excluding carboxylic acids is 2. The van der Waals surface area contributed by atoms with Crippen LogP contribution in [0.25, 0.3) is 10.9 Å². The number of aromatic nitrogens is 1. The van der Waals surface area contributed by atoms with Gasteiger partial charge in [0, 0.05) is 42.7 Å². The summed E-state index contributed by atoms with van der Waals surface area (Å²) in [5, 5.41) is 3.70. The number of rotatable bonds is 5. The standard InChI is InChI=1S/C18H22FN3O2/c1-11(2)21-18(24)13-7-17(23)22(10-13)6-5-12-9-20-16-4-3-14(19)8-15(12)16/h3-4,8-9,11,13,20H,5-7,10H2,1-2H3,(H,21,24). The maximum Gasteiger partial charge on any atom is 0.225 e. The number of likely N-dealkylation sites (tertiary alicyclic amines) is 1. The van der Waals surface area contributed by atoms with Crippen molar-refractivity contribution in [3.8, 4) is 0 Å². The third-order valence-corrected chi connectivity index (χ3v) is 4.40. The smallest absolute Gasteiger partial charge is 0.225 e. The van der Waals surface area contributed by atoms with E-state index in [9.17, 15) is 14.0 Å². The minimum absolute atomic E-state index is 0.00456. The Kier molecular flexibility index (Phi) is 4.55. The lowest BCUT2D eigenvalue weighted by molar-refractivity contribution is -0.129. The molecule has 1 aromatic carbocycles. The van der Waals surface area contributed by atoms with Gasteiger partial charge in [-0.2, -0.15) is 0 Å². The molecule has 0 bridgehead atoms. The zero-order valence-corrected chi connectivity index (χ0v) is 13.9. The van der Waals surface area contributed by atoms with E-state index in [4.69, 9.17) is 0 Å². The van der Waals surface area contributed by atoms with E-state index in [2.05, 4.69) is 10.3 Å². The molecule has 2 amide bonds. The van der Waals surface area contributed by atoms with Gasteiger partial charge in [0.25, 0.3) is 0 Å². The van der Waals surface area contributed by atoms with Crippen LogP contribution in [0.4, 0.5) is 4.39 Å². The molecule has 2 aromatic rings. The molecule has 5 nitrogen and oxygen atoms in total. The fraction of sp³-hybridized carbons (Fsp3) is 0.444. The Morgan fingerprint density at radius 2 is 2.25 bits per heavy atom. The molecule has 1 aromatic heterocycles. The van der Waals surface area contributed by atoms with Crippen LogP contribution < -0.4 is 5.32 Å². The van der Waals surface area contributed by atoms with Crippen molar-refractivity contribution < 1.29 is 14.0 Å². The van der Waals surface area contributed by atoms with Crippen molar-refractivity contribution in [2.45, 2.75) is 32.7 Å². The second-order valence-electron chi connectivity index (χ2n) is 6.66. The van der Waals surface area contributed by atoms with Crippen LogP contribution in [-0.4, -0.2) is 40.8 Å². The molecule has 6 heteroatoms. The average molecular weight is 331 g/mol. The van der Waals surface area contributed by atoms with Gasteiger partial charge in [0.1, 0.15) is 5.82 Å². The first kappa shape index (κ1) is 16.5. The van der Waals surface area contributed by atoms with Crippen molar-refractivity contribution in [1.29, 1.82) is 0 Å². The molecule has 1 saturated heterocycles. The molecule has 1 aliphatic heterocycles. The number of nitrogens with zero attached hydrogens (tertiary/aromatic N) is 1. The van der Waals surface area contributed by atoms with Gasteiger partial charge in [-0.15, -0.1) is 0 Å². The quantitative estimate of drug-likeness (QED) is 0.882. The van der Waals surface area contributed by atoms with Crippen molar-refractivity contribution in [2.24, 2.45) is 5.92 Å². The minimum atomic E-state index is -0.277. The van der Waals surface area contributed by atoms with E-state index in [0.29, 0.717) is 19.5 Å². The Balaban J connectivity index is 1.63. The number of hydrogen-bond donors (Lipinski definition) is 2. The normalized spacial score (nSPS) is 17.9. The zero-order chi connectivity index (χ0) is 17.3. The summed E-state index contributed by atoms with van der Waals surface area (Å²) < 4.78 is 13.4. The highest BCUT2D eigenvalue weighted by Gasteiger charge is 2.34. The van der Waals surface area contributed by atoms with Gasteiger partial charge in [-0.1, -0.05) is 0 Å². The largest absolute Gasteiger partial charge is 0.361 e. The molecule has 128 valence electrons. The van der Waals surface area contributed by atoms with E-state index in [1.54, 1.807) is 11.0 Å². The lowest BCUT2D eigenvalue weighted by atomic mass is 10.1. The Morgan fingerprint density at radius 3 is 3.00 bits per heavy atom. The molecular weight excluding hydrogens is 309 g/mol. The van der Waals surface area contributed by atoms with Crippen LogP contribution in [-0.2, 0) is 16.0 Å². The lowest BCUT2D eigenvalue weighted by Gasteiger charge is -2.17. The predicted octanol–water partition coefficient (Wildman–Crippen LogP) is 2.22. The fourth-order valence-electron chi connectivity index (χ4n) is 3.18. The highest BCUT2D eigenvalue weighted by Crippen LogP contribution is 2.22. The molecule has 0 radical (unpaired) electrons. The molecular formula is C18H22FN3O2. The molecule has 1 fully saturated rings. The maximum atomic E-state index is 13.4. The molecule has 2 N–H and O–H groups in total. The number of aromatic amines is 1. The highest BCUT2D eigenvalue weighted by molar-refractivity contribution is 5.89. The summed E-state index contributed by atoms with van der Waals surface area (Å²) in [5.41, 5.74) is 1.86. The third-order valence-electron chi connectivity index (χ3n) is 4.40. The Hall–Kier alpha value is -2.37. The van der Waals surface area contributed by atoms with Crippen LogP contribution in [0.2, 0.25) is 0 Å². The summed E-state index contributed by atoms with van der Waals surface area (Å²) in [7, 11) is 0. The topological polar surface area (TPSA) is 65.2 Å². The molecule has 0 aliphatic carbocycles. The Labute approximate surface area is 140 Å². The van der Waals surface area contributed by atoms with Crippen molar-refractivity contribution in [2.75, 3.05) is 13.1 Å². The maximum absolute atomic E-state index is 13.4. The highest BCUT2D eigenvalue weighted by atomic mass is 19.1. The number of halogens is 1. The van der Waals surface area contributed by atoms with Gasteiger partial charge in [0.2, 0.25) is 11.8 Å². The molecule has 1 atom stereocenters. The molecule has 24 heavy (non-hydrogen) atoms. The Morgan fingerprint density at radius 1 is 1.46 bits per heavy atom. The van der Waals surface area contributed by atoms with Crippen molar-refractivity contribution >= 4 is 22.7 Å². The summed E-state index contributed by atoms with van der Waals surface area (Å²) in [4.78, 5) is 29.0. The van der Waals surface area contributed by atoms with Gasteiger partial charge in [-0.05, 0) is 44.0 Å². The summed E-state index contributed by atoms with van der Waals surface area (Å²) >= 11 is 0. The summed E-state index contributed by atoms with van der Waals surface area (Å²) in [5.74, 6) is -0.605. The van der Waals surface area contributed by atoms with E-state index in [-0.39, 0.29) is 36.0 Å². The SMILES string of the molecule is CC(C)NC(=O)C1CC(=O)N(CCc2c[nH]c3ccc(F)cc23)C1. The van der Waals surface area contributed by atoms with Crippen LogP contribution >= 0.6 is 0 Å². The third kappa shape index (κ3) is 3.42. The summed E-state index contributed by atoms with van der Waals surface area (Å²) in [6.45, 7) is 4.80. The van der Waals surface area contributed by atoms with Gasteiger partial charge in [-0.3, -0.25) is 9.59 Å². The number of fused-ring (bicyclic) bond motifs is 1. The second-order valence-corrected chi connectivity index (χ2v) is 6.66. The summed E-state index contributed by atoms with van der Waals surface area (Å²) in [6, 6.07) is 4.71. The molecule has 1 aliphatic rings. The first-order valence-electron chi connectivity index (χ1n) is 8.27. The Bertz CT molecular complexity index is 769. The number of carbonyl (C=O) groups is 2. The van der Waals surface area contributed by atoms with Crippen molar-refractivity contribution in [3.05, 3.63) is 35.8 Å². The number of amides is 2. The zero-order valence-electron chi connectivity index (χ0n) is 13.9. The van der Waals surface area contributed by atoms with Crippen LogP contribution in [0.3, 0.4) is 0 Å². The molecule has 1 unspecified atom stereocenters. The molecule has 0 saturated carbocycles. The first-order chi connectivity index (χ1) is 11.4. The average Bonchev–Trinajstić information content (AvgIpc) is 3.08. The molecule has 0 spiro atoms. The number of benzene rings is 1. The fourth-order valence-corrected chi connectivity index (χ4v) is 3.18. The minimum Gasteiger partial charge on any atom is -0.361 e. The monoisotopic (exact) mass is 331 g/mol.